The van der Waals surface area contributed by atoms with Crippen molar-refractivity contribution in [3.63, 3.8) is 0 Å². The second-order valence-electron chi connectivity index (χ2n) is 4.80. The molecule has 0 aliphatic carbocycles. The predicted octanol–water partition coefficient (Wildman–Crippen LogP) is 3.34. The zero-order valence-corrected chi connectivity index (χ0v) is 12.8. The van der Waals surface area contributed by atoms with Crippen LogP contribution in [0.2, 0.25) is 0 Å². The molecule has 112 valence electrons. The summed E-state index contributed by atoms with van der Waals surface area (Å²) < 4.78 is 11.2. The summed E-state index contributed by atoms with van der Waals surface area (Å²) in [6.45, 7) is 5.59. The van der Waals surface area contributed by atoms with E-state index in [1.807, 2.05) is 30.3 Å². The normalized spacial score (nSPS) is 12.0. The second kappa shape index (κ2) is 7.64. The van der Waals surface area contributed by atoms with Crippen LogP contribution < -0.4 is 14.8 Å². The maximum absolute atomic E-state index is 5.80. The molecule has 0 aliphatic rings. The van der Waals surface area contributed by atoms with Crippen LogP contribution in [-0.2, 0) is 6.61 Å². The lowest BCUT2D eigenvalue weighted by atomic mass is 10.1. The third-order valence-electron chi connectivity index (χ3n) is 3.30. The first-order chi connectivity index (χ1) is 10.2. The van der Waals surface area contributed by atoms with Gasteiger partial charge in [-0.2, -0.15) is 0 Å². The molecule has 4 heteroatoms. The number of pyridine rings is 1. The number of nitrogens with one attached hydrogen (secondary N) is 1. The molecule has 0 aliphatic heterocycles. The Hall–Kier alpha value is -2.07. The second-order valence-corrected chi connectivity index (χ2v) is 4.80. The summed E-state index contributed by atoms with van der Waals surface area (Å²) >= 11 is 0. The van der Waals surface area contributed by atoms with E-state index in [4.69, 9.17) is 9.47 Å². The van der Waals surface area contributed by atoms with Crippen LogP contribution in [0.5, 0.6) is 11.5 Å². The summed E-state index contributed by atoms with van der Waals surface area (Å²) in [5.41, 5.74) is 2.07. The molecule has 0 spiro atoms. The topological polar surface area (TPSA) is 43.4 Å². The van der Waals surface area contributed by atoms with Crippen LogP contribution in [0.15, 0.2) is 42.6 Å². The van der Waals surface area contributed by atoms with Crippen LogP contribution in [0, 0.1) is 0 Å². The largest absolute Gasteiger partial charge is 0.493 e. The van der Waals surface area contributed by atoms with Gasteiger partial charge in [0.25, 0.3) is 0 Å². The van der Waals surface area contributed by atoms with E-state index in [-0.39, 0.29) is 6.04 Å². The lowest BCUT2D eigenvalue weighted by Crippen LogP contribution is -2.17. The summed E-state index contributed by atoms with van der Waals surface area (Å²) in [5.74, 6) is 1.48. The van der Waals surface area contributed by atoms with Crippen molar-refractivity contribution in [2.75, 3.05) is 13.7 Å². The molecule has 0 saturated carbocycles. The van der Waals surface area contributed by atoms with Gasteiger partial charge in [0.1, 0.15) is 6.61 Å². The Bertz CT molecular complexity index is 558. The first-order valence-electron chi connectivity index (χ1n) is 7.18. The van der Waals surface area contributed by atoms with Crippen molar-refractivity contribution in [3.05, 3.63) is 53.9 Å². The van der Waals surface area contributed by atoms with Crippen LogP contribution in [0.4, 0.5) is 0 Å². The van der Waals surface area contributed by atoms with Gasteiger partial charge in [0.2, 0.25) is 0 Å². The minimum atomic E-state index is 0.286. The molecular weight excluding hydrogens is 264 g/mol. The highest BCUT2D eigenvalue weighted by Gasteiger charge is 2.10. The monoisotopic (exact) mass is 286 g/mol. The molecule has 2 aromatic rings. The molecule has 0 amide bonds. The molecule has 2 rings (SSSR count). The summed E-state index contributed by atoms with van der Waals surface area (Å²) in [6.07, 6.45) is 1.76. The fraction of sp³-hybridized carbons (Fsp3) is 0.353. The summed E-state index contributed by atoms with van der Waals surface area (Å²) in [4.78, 5) is 4.24. The molecule has 1 aromatic heterocycles. The predicted molar refractivity (Wildman–Crippen MR) is 83.7 cm³/mol. The first kappa shape index (κ1) is 15.3. The van der Waals surface area contributed by atoms with E-state index in [9.17, 15) is 0 Å². The number of hydrogen-bond donors (Lipinski definition) is 1. The average Bonchev–Trinajstić information content (AvgIpc) is 2.54. The molecular formula is C17H22N2O2. The highest BCUT2D eigenvalue weighted by Crippen LogP contribution is 2.30. The van der Waals surface area contributed by atoms with Crippen molar-refractivity contribution in [2.24, 2.45) is 0 Å². The molecule has 1 atom stereocenters. The van der Waals surface area contributed by atoms with Crippen molar-refractivity contribution >= 4 is 0 Å². The van der Waals surface area contributed by atoms with Crippen molar-refractivity contribution < 1.29 is 9.47 Å². The molecule has 0 saturated heterocycles. The Kier molecular flexibility index (Phi) is 5.58. The van der Waals surface area contributed by atoms with Crippen LogP contribution in [0.25, 0.3) is 0 Å². The minimum absolute atomic E-state index is 0.286. The van der Waals surface area contributed by atoms with Gasteiger partial charge in [-0.15, -0.1) is 0 Å². The maximum Gasteiger partial charge on any atom is 0.161 e. The zero-order chi connectivity index (χ0) is 15.1. The van der Waals surface area contributed by atoms with E-state index >= 15 is 0 Å². The molecule has 21 heavy (non-hydrogen) atoms. The zero-order valence-electron chi connectivity index (χ0n) is 12.8. The van der Waals surface area contributed by atoms with Crippen molar-refractivity contribution in [3.8, 4) is 11.5 Å². The van der Waals surface area contributed by atoms with E-state index in [1.165, 1.54) is 5.56 Å². The Morgan fingerprint density at radius 1 is 1.19 bits per heavy atom. The molecule has 4 nitrogen and oxygen atoms in total. The van der Waals surface area contributed by atoms with Crippen molar-refractivity contribution in [1.29, 1.82) is 0 Å². The van der Waals surface area contributed by atoms with E-state index < -0.39 is 0 Å². The lowest BCUT2D eigenvalue weighted by Gasteiger charge is -2.16. The van der Waals surface area contributed by atoms with Crippen molar-refractivity contribution in [1.82, 2.24) is 10.3 Å². The standard InChI is InChI=1S/C17H22N2O2/c1-4-18-13(2)14-8-9-16(17(11-14)20-3)21-12-15-7-5-6-10-19-15/h5-11,13,18H,4,12H2,1-3H3. The van der Waals surface area contributed by atoms with Gasteiger partial charge in [0, 0.05) is 12.2 Å². The molecule has 0 radical (unpaired) electrons. The van der Waals surface area contributed by atoms with Crippen LogP contribution in [-0.4, -0.2) is 18.6 Å². The Labute approximate surface area is 126 Å². The number of hydrogen-bond acceptors (Lipinski definition) is 4. The molecule has 1 N–H and O–H groups in total. The van der Waals surface area contributed by atoms with E-state index in [0.717, 1.165) is 23.7 Å². The van der Waals surface area contributed by atoms with Gasteiger partial charge >= 0.3 is 0 Å². The van der Waals surface area contributed by atoms with Gasteiger partial charge in [-0.1, -0.05) is 19.1 Å². The summed E-state index contributed by atoms with van der Waals surface area (Å²) in [7, 11) is 1.66. The van der Waals surface area contributed by atoms with Gasteiger partial charge in [0.15, 0.2) is 11.5 Å². The third-order valence-corrected chi connectivity index (χ3v) is 3.30. The Morgan fingerprint density at radius 2 is 2.05 bits per heavy atom. The average molecular weight is 286 g/mol. The smallest absolute Gasteiger partial charge is 0.161 e. The number of aromatic nitrogens is 1. The molecule has 1 unspecified atom stereocenters. The van der Waals surface area contributed by atoms with Gasteiger partial charge in [0.05, 0.1) is 12.8 Å². The van der Waals surface area contributed by atoms with E-state index in [1.54, 1.807) is 13.3 Å². The number of methoxy groups -OCH3 is 1. The van der Waals surface area contributed by atoms with Crippen LogP contribution in [0.1, 0.15) is 31.1 Å². The molecule has 1 aromatic carbocycles. The fourth-order valence-electron chi connectivity index (χ4n) is 2.13. The van der Waals surface area contributed by atoms with Crippen LogP contribution in [0.3, 0.4) is 0 Å². The Balaban J connectivity index is 2.09. The number of benzene rings is 1. The van der Waals surface area contributed by atoms with Crippen LogP contribution >= 0.6 is 0 Å². The fourth-order valence-corrected chi connectivity index (χ4v) is 2.13. The quantitative estimate of drug-likeness (QED) is 0.847. The first-order valence-corrected chi connectivity index (χ1v) is 7.18. The molecule has 1 heterocycles. The number of rotatable bonds is 7. The summed E-state index contributed by atoms with van der Waals surface area (Å²) in [5, 5.41) is 3.38. The Morgan fingerprint density at radius 3 is 2.71 bits per heavy atom. The van der Waals surface area contributed by atoms with E-state index in [2.05, 4.69) is 30.2 Å². The summed E-state index contributed by atoms with van der Waals surface area (Å²) in [6, 6.07) is 12.1. The molecule has 0 fully saturated rings. The highest BCUT2D eigenvalue weighted by molar-refractivity contribution is 5.43. The highest BCUT2D eigenvalue weighted by atomic mass is 16.5. The molecule has 0 bridgehead atoms. The van der Waals surface area contributed by atoms with E-state index in [0.29, 0.717) is 6.61 Å². The SMILES string of the molecule is CCNC(C)c1ccc(OCc2ccccn2)c(OC)c1. The van der Waals surface area contributed by atoms with Gasteiger partial charge in [-0.3, -0.25) is 4.98 Å². The van der Waals surface area contributed by atoms with Gasteiger partial charge in [-0.05, 0) is 43.3 Å². The maximum atomic E-state index is 5.80. The van der Waals surface area contributed by atoms with Gasteiger partial charge in [-0.25, -0.2) is 0 Å². The minimum Gasteiger partial charge on any atom is -0.493 e. The number of ether oxygens (including phenoxy) is 2. The van der Waals surface area contributed by atoms with Crippen molar-refractivity contribution in [2.45, 2.75) is 26.5 Å². The lowest BCUT2D eigenvalue weighted by molar-refractivity contribution is 0.280. The number of nitrogens with zero attached hydrogens (tertiary/aromatic N) is 1. The third kappa shape index (κ3) is 4.20. The van der Waals surface area contributed by atoms with Gasteiger partial charge < -0.3 is 14.8 Å².